The van der Waals surface area contributed by atoms with E-state index in [9.17, 15) is 9.59 Å². The maximum Gasteiger partial charge on any atom is 0.235 e. The highest BCUT2D eigenvalue weighted by Gasteiger charge is 2.20. The minimum absolute atomic E-state index is 0.0224. The van der Waals surface area contributed by atoms with E-state index in [1.165, 1.54) is 18.4 Å². The molecule has 2 aromatic heterocycles. The Bertz CT molecular complexity index is 1260. The van der Waals surface area contributed by atoms with Gasteiger partial charge in [-0.2, -0.15) is 0 Å². The summed E-state index contributed by atoms with van der Waals surface area (Å²) in [6, 6.07) is 15.5. The van der Waals surface area contributed by atoms with Crippen LogP contribution in [0, 0.1) is 0 Å². The molecule has 0 unspecified atom stereocenters. The Morgan fingerprint density at radius 1 is 1.00 bits per heavy atom. The van der Waals surface area contributed by atoms with Crippen molar-refractivity contribution in [2.24, 2.45) is 0 Å². The Hall–Kier alpha value is -3.58. The van der Waals surface area contributed by atoms with Crippen molar-refractivity contribution >= 4 is 28.1 Å². The lowest BCUT2D eigenvalue weighted by atomic mass is 10.1. The first kappa shape index (κ1) is 19.7. The molecule has 2 aromatic carbocycles. The second-order valence-corrected chi connectivity index (χ2v) is 7.29. The standard InChI is InChI=1S/C23H18O6S/c1-26-18-10-9-14(12-19(18)27-2)22-23(28-13-16(24)20-8-5-11-30-20)21(25)15-6-3-4-7-17(15)29-22/h3-12H,13H2,1-2H3. The van der Waals surface area contributed by atoms with Crippen molar-refractivity contribution in [2.75, 3.05) is 20.8 Å². The summed E-state index contributed by atoms with van der Waals surface area (Å²) in [6.07, 6.45) is 0. The van der Waals surface area contributed by atoms with E-state index in [0.29, 0.717) is 32.9 Å². The zero-order valence-electron chi connectivity index (χ0n) is 16.3. The highest BCUT2D eigenvalue weighted by molar-refractivity contribution is 7.12. The summed E-state index contributed by atoms with van der Waals surface area (Å²) in [5.41, 5.74) is 0.638. The molecule has 0 spiro atoms. The summed E-state index contributed by atoms with van der Waals surface area (Å²) < 4.78 is 22.4. The minimum atomic E-state index is -0.347. The third kappa shape index (κ3) is 3.67. The number of carbonyl (C=O) groups is 1. The summed E-state index contributed by atoms with van der Waals surface area (Å²) >= 11 is 1.32. The topological polar surface area (TPSA) is 75.0 Å². The largest absolute Gasteiger partial charge is 0.493 e. The first-order chi connectivity index (χ1) is 14.6. The van der Waals surface area contributed by atoms with Crippen LogP contribution in [-0.2, 0) is 0 Å². The molecule has 4 aromatic rings. The SMILES string of the molecule is COc1ccc(-c2oc3ccccc3c(=O)c2OCC(=O)c2cccs2)cc1OC. The van der Waals surface area contributed by atoms with Gasteiger partial charge in [-0.25, -0.2) is 0 Å². The van der Waals surface area contributed by atoms with Crippen LogP contribution in [0.15, 0.2) is 69.2 Å². The average molecular weight is 422 g/mol. The summed E-state index contributed by atoms with van der Waals surface area (Å²) in [5, 5.41) is 2.19. The lowest BCUT2D eigenvalue weighted by molar-refractivity contribution is 0.0924. The zero-order chi connectivity index (χ0) is 21.1. The predicted octanol–water partition coefficient (Wildman–Crippen LogP) is 4.80. The Morgan fingerprint density at radius 2 is 1.80 bits per heavy atom. The van der Waals surface area contributed by atoms with E-state index in [0.717, 1.165) is 0 Å². The Morgan fingerprint density at radius 3 is 2.53 bits per heavy atom. The predicted molar refractivity (Wildman–Crippen MR) is 115 cm³/mol. The second kappa shape index (κ2) is 8.42. The Balaban J connectivity index is 1.82. The number of fused-ring (bicyclic) bond motifs is 1. The van der Waals surface area contributed by atoms with E-state index >= 15 is 0 Å². The average Bonchev–Trinajstić information content (AvgIpc) is 3.33. The zero-order valence-corrected chi connectivity index (χ0v) is 17.2. The number of Topliss-reactive ketones (excluding diaryl/α,β-unsaturated/α-hetero) is 1. The lowest BCUT2D eigenvalue weighted by Crippen LogP contribution is -2.16. The molecule has 7 heteroatoms. The molecule has 0 amide bonds. The van der Waals surface area contributed by atoms with Crippen molar-refractivity contribution < 1.29 is 23.4 Å². The minimum Gasteiger partial charge on any atom is -0.493 e. The highest BCUT2D eigenvalue weighted by atomic mass is 32.1. The fraction of sp³-hybridized carbons (Fsp3) is 0.130. The molecule has 0 saturated carbocycles. The van der Waals surface area contributed by atoms with Gasteiger partial charge in [0.05, 0.1) is 24.5 Å². The fourth-order valence-electron chi connectivity index (χ4n) is 3.07. The molecule has 0 atom stereocenters. The van der Waals surface area contributed by atoms with Crippen LogP contribution in [-0.4, -0.2) is 26.6 Å². The number of methoxy groups -OCH3 is 2. The molecule has 152 valence electrons. The highest BCUT2D eigenvalue weighted by Crippen LogP contribution is 2.36. The molecule has 30 heavy (non-hydrogen) atoms. The number of hydrogen-bond acceptors (Lipinski definition) is 7. The van der Waals surface area contributed by atoms with E-state index in [2.05, 4.69) is 0 Å². The van der Waals surface area contributed by atoms with E-state index in [-0.39, 0.29) is 29.3 Å². The van der Waals surface area contributed by atoms with Crippen LogP contribution >= 0.6 is 11.3 Å². The van der Waals surface area contributed by atoms with Crippen LogP contribution < -0.4 is 19.6 Å². The van der Waals surface area contributed by atoms with Gasteiger partial charge in [-0.15, -0.1) is 11.3 Å². The van der Waals surface area contributed by atoms with Gasteiger partial charge in [0.15, 0.2) is 23.9 Å². The Labute approximate surface area is 176 Å². The van der Waals surface area contributed by atoms with Crippen LogP contribution in [0.3, 0.4) is 0 Å². The lowest BCUT2D eigenvalue weighted by Gasteiger charge is -2.13. The van der Waals surface area contributed by atoms with Gasteiger partial charge in [-0.05, 0) is 41.8 Å². The van der Waals surface area contributed by atoms with Crippen LogP contribution in [0.5, 0.6) is 17.2 Å². The van der Waals surface area contributed by atoms with Crippen LogP contribution in [0.1, 0.15) is 9.67 Å². The smallest absolute Gasteiger partial charge is 0.235 e. The van der Waals surface area contributed by atoms with E-state index in [4.69, 9.17) is 18.6 Å². The fourth-order valence-corrected chi connectivity index (χ4v) is 3.72. The molecule has 0 N–H and O–H groups in total. The third-order valence-electron chi connectivity index (χ3n) is 4.55. The van der Waals surface area contributed by atoms with Gasteiger partial charge < -0.3 is 18.6 Å². The summed E-state index contributed by atoms with van der Waals surface area (Å²) in [6.45, 7) is -0.274. The van der Waals surface area contributed by atoms with Gasteiger partial charge in [0.25, 0.3) is 0 Å². The number of carbonyl (C=O) groups excluding carboxylic acids is 1. The normalized spacial score (nSPS) is 10.7. The van der Waals surface area contributed by atoms with E-state index < -0.39 is 0 Å². The maximum atomic E-state index is 13.1. The van der Waals surface area contributed by atoms with Crippen molar-refractivity contribution in [3.63, 3.8) is 0 Å². The third-order valence-corrected chi connectivity index (χ3v) is 5.46. The van der Waals surface area contributed by atoms with Crippen molar-refractivity contribution in [3.8, 4) is 28.6 Å². The molecule has 0 fully saturated rings. The van der Waals surface area contributed by atoms with Gasteiger partial charge in [0, 0.05) is 5.56 Å². The van der Waals surface area contributed by atoms with E-state index in [1.807, 2.05) is 5.38 Å². The molecule has 0 aliphatic heterocycles. The molecule has 2 heterocycles. The first-order valence-corrected chi connectivity index (χ1v) is 9.98. The van der Waals surface area contributed by atoms with Crippen molar-refractivity contribution in [1.29, 1.82) is 0 Å². The van der Waals surface area contributed by atoms with Gasteiger partial charge >= 0.3 is 0 Å². The monoisotopic (exact) mass is 422 g/mol. The Kier molecular flexibility index (Phi) is 5.54. The maximum absolute atomic E-state index is 13.1. The van der Waals surface area contributed by atoms with Crippen LogP contribution in [0.2, 0.25) is 0 Å². The molecule has 0 radical (unpaired) electrons. The van der Waals surface area contributed by atoms with Gasteiger partial charge in [-0.3, -0.25) is 9.59 Å². The summed E-state index contributed by atoms with van der Waals surface area (Å²) in [7, 11) is 3.06. The van der Waals surface area contributed by atoms with Crippen LogP contribution in [0.4, 0.5) is 0 Å². The van der Waals surface area contributed by atoms with Crippen molar-refractivity contribution in [1.82, 2.24) is 0 Å². The first-order valence-electron chi connectivity index (χ1n) is 9.10. The van der Waals surface area contributed by atoms with Gasteiger partial charge in [-0.1, -0.05) is 18.2 Å². The summed E-state index contributed by atoms with van der Waals surface area (Å²) in [4.78, 5) is 26.1. The number of ketones is 1. The molecule has 0 saturated heterocycles. The summed E-state index contributed by atoms with van der Waals surface area (Å²) in [5.74, 6) is 1.01. The van der Waals surface area contributed by atoms with Gasteiger partial charge in [0.1, 0.15) is 5.58 Å². The van der Waals surface area contributed by atoms with Crippen LogP contribution in [0.25, 0.3) is 22.3 Å². The molecule has 4 rings (SSSR count). The molecule has 0 aliphatic rings. The molecular weight excluding hydrogens is 404 g/mol. The quantitative estimate of drug-likeness (QED) is 0.398. The second-order valence-electron chi connectivity index (χ2n) is 6.34. The number of ether oxygens (including phenoxy) is 3. The number of hydrogen-bond donors (Lipinski definition) is 0. The molecule has 0 bridgehead atoms. The number of benzene rings is 2. The molecule has 0 aliphatic carbocycles. The van der Waals surface area contributed by atoms with E-state index in [1.54, 1.807) is 61.7 Å². The van der Waals surface area contributed by atoms with Gasteiger partial charge in [0.2, 0.25) is 17.0 Å². The van der Waals surface area contributed by atoms with Crippen molar-refractivity contribution in [3.05, 3.63) is 75.1 Å². The number of thiophene rings is 1. The van der Waals surface area contributed by atoms with Crippen molar-refractivity contribution in [2.45, 2.75) is 0 Å². The molecular formula is C23H18O6S. The molecule has 6 nitrogen and oxygen atoms in total. The number of para-hydroxylation sites is 1. The number of rotatable bonds is 7.